The molecule has 0 N–H and O–H groups in total. The average Bonchev–Trinajstić information content (AvgIpc) is 2.64. The lowest BCUT2D eigenvalue weighted by atomic mass is 10.1. The van der Waals surface area contributed by atoms with Crippen LogP contribution in [0.1, 0.15) is 22.3 Å². The van der Waals surface area contributed by atoms with Crippen LogP contribution in [-0.2, 0) is 24.3 Å². The summed E-state index contributed by atoms with van der Waals surface area (Å²) in [4.78, 5) is 19.0. The molecule has 0 saturated carbocycles. The van der Waals surface area contributed by atoms with Crippen LogP contribution < -0.4 is 0 Å². The smallest absolute Gasteiger partial charge is 0.227 e. The molecule has 0 unspecified atom stereocenters. The highest BCUT2D eigenvalue weighted by Crippen LogP contribution is 2.15. The molecule has 2 aromatic carbocycles. The largest absolute Gasteiger partial charge is 0.334 e. The van der Waals surface area contributed by atoms with Gasteiger partial charge in [0.2, 0.25) is 5.91 Å². The number of carbonyl (C=O) groups excluding carboxylic acids is 1. The highest BCUT2D eigenvalue weighted by atomic mass is 16.2. The van der Waals surface area contributed by atoms with E-state index in [1.165, 1.54) is 11.1 Å². The monoisotopic (exact) mass is 330 g/mol. The quantitative estimate of drug-likeness (QED) is 0.680. The van der Waals surface area contributed by atoms with E-state index in [2.05, 4.69) is 24.0 Å². The van der Waals surface area contributed by atoms with Crippen LogP contribution >= 0.6 is 0 Å². The van der Waals surface area contributed by atoms with E-state index >= 15 is 0 Å². The van der Waals surface area contributed by atoms with Gasteiger partial charge in [-0.25, -0.2) is 0 Å². The van der Waals surface area contributed by atoms with Gasteiger partial charge in [-0.3, -0.25) is 9.78 Å². The van der Waals surface area contributed by atoms with Crippen molar-refractivity contribution in [1.82, 2.24) is 9.88 Å². The van der Waals surface area contributed by atoms with Crippen LogP contribution in [0.25, 0.3) is 0 Å². The number of pyridine rings is 1. The fourth-order valence-corrected chi connectivity index (χ4v) is 2.82. The van der Waals surface area contributed by atoms with Crippen molar-refractivity contribution in [3.63, 3.8) is 0 Å². The van der Waals surface area contributed by atoms with Gasteiger partial charge in [0.1, 0.15) is 0 Å². The maximum absolute atomic E-state index is 12.9. The number of aryl methyl sites for hydroxylation is 1. The summed E-state index contributed by atoms with van der Waals surface area (Å²) in [7, 11) is 0. The van der Waals surface area contributed by atoms with E-state index in [0.717, 1.165) is 11.1 Å². The first-order chi connectivity index (χ1) is 12.2. The summed E-state index contributed by atoms with van der Waals surface area (Å²) >= 11 is 0. The van der Waals surface area contributed by atoms with Gasteiger partial charge in [-0.05, 0) is 35.2 Å². The molecule has 0 aliphatic rings. The Kier molecular flexibility index (Phi) is 5.57. The SMILES string of the molecule is Cc1ccccc1CN(Cc1cccnc1)C(=O)Cc1ccccc1. The van der Waals surface area contributed by atoms with Gasteiger partial charge in [0.25, 0.3) is 0 Å². The van der Waals surface area contributed by atoms with Crippen LogP contribution in [0.15, 0.2) is 79.1 Å². The molecule has 1 amide bonds. The standard InChI is InChI=1S/C22H22N2O/c1-18-8-5-6-12-21(18)17-24(16-20-11-7-13-23-15-20)22(25)14-19-9-3-2-4-10-19/h2-13,15H,14,16-17H2,1H3. The van der Waals surface area contributed by atoms with Gasteiger partial charge in [-0.1, -0.05) is 60.7 Å². The van der Waals surface area contributed by atoms with Crippen LogP contribution in [0.5, 0.6) is 0 Å². The molecule has 1 heterocycles. The third kappa shape index (κ3) is 4.77. The summed E-state index contributed by atoms with van der Waals surface area (Å²) in [5.74, 6) is 0.123. The fraction of sp³-hybridized carbons (Fsp3) is 0.182. The van der Waals surface area contributed by atoms with Crippen molar-refractivity contribution < 1.29 is 4.79 Å². The second-order valence-corrected chi connectivity index (χ2v) is 6.20. The Balaban J connectivity index is 1.80. The molecule has 0 aliphatic heterocycles. The number of hydrogen-bond acceptors (Lipinski definition) is 2. The molecule has 3 heteroatoms. The first kappa shape index (κ1) is 16.9. The molecule has 126 valence electrons. The van der Waals surface area contributed by atoms with Crippen molar-refractivity contribution in [3.05, 3.63) is 101 Å². The molecule has 0 atom stereocenters. The van der Waals surface area contributed by atoms with Gasteiger partial charge >= 0.3 is 0 Å². The number of nitrogens with zero attached hydrogens (tertiary/aromatic N) is 2. The second kappa shape index (κ2) is 8.25. The van der Waals surface area contributed by atoms with Gasteiger partial charge in [0.15, 0.2) is 0 Å². The van der Waals surface area contributed by atoms with E-state index in [0.29, 0.717) is 19.5 Å². The summed E-state index contributed by atoms with van der Waals surface area (Å²) in [6, 6.07) is 22.0. The zero-order valence-corrected chi connectivity index (χ0v) is 14.4. The summed E-state index contributed by atoms with van der Waals surface area (Å²) in [6.07, 6.45) is 3.98. The second-order valence-electron chi connectivity index (χ2n) is 6.20. The molecule has 0 fully saturated rings. The minimum atomic E-state index is 0.123. The number of rotatable bonds is 6. The molecule has 25 heavy (non-hydrogen) atoms. The van der Waals surface area contributed by atoms with Crippen molar-refractivity contribution in [2.75, 3.05) is 0 Å². The fourth-order valence-electron chi connectivity index (χ4n) is 2.82. The molecule has 0 saturated heterocycles. The van der Waals surface area contributed by atoms with Gasteiger partial charge < -0.3 is 4.90 Å². The number of aromatic nitrogens is 1. The minimum Gasteiger partial charge on any atom is -0.334 e. The summed E-state index contributed by atoms with van der Waals surface area (Å²) < 4.78 is 0. The number of amides is 1. The van der Waals surface area contributed by atoms with E-state index in [4.69, 9.17) is 0 Å². The molecule has 0 spiro atoms. The lowest BCUT2D eigenvalue weighted by molar-refractivity contribution is -0.131. The van der Waals surface area contributed by atoms with E-state index in [9.17, 15) is 4.79 Å². The Morgan fingerprint density at radius 1 is 0.880 bits per heavy atom. The van der Waals surface area contributed by atoms with Crippen molar-refractivity contribution in [2.24, 2.45) is 0 Å². The third-order valence-electron chi connectivity index (χ3n) is 4.27. The van der Waals surface area contributed by atoms with Crippen LogP contribution in [0, 0.1) is 6.92 Å². The Morgan fingerprint density at radius 2 is 1.60 bits per heavy atom. The maximum Gasteiger partial charge on any atom is 0.227 e. The van der Waals surface area contributed by atoms with E-state index in [-0.39, 0.29) is 5.91 Å². The molecule has 0 bridgehead atoms. The molecule has 3 nitrogen and oxygen atoms in total. The Labute approximate surface area is 149 Å². The summed E-state index contributed by atoms with van der Waals surface area (Å²) in [6.45, 7) is 3.25. The van der Waals surface area contributed by atoms with Gasteiger partial charge in [0.05, 0.1) is 6.42 Å². The first-order valence-corrected chi connectivity index (χ1v) is 8.47. The van der Waals surface area contributed by atoms with E-state index in [1.54, 1.807) is 6.20 Å². The zero-order valence-electron chi connectivity index (χ0n) is 14.4. The lowest BCUT2D eigenvalue weighted by Crippen LogP contribution is -2.31. The zero-order chi connectivity index (χ0) is 17.5. The molecule has 3 rings (SSSR count). The average molecular weight is 330 g/mol. The maximum atomic E-state index is 12.9. The predicted molar refractivity (Wildman–Crippen MR) is 99.8 cm³/mol. The van der Waals surface area contributed by atoms with Gasteiger partial charge in [-0.2, -0.15) is 0 Å². The van der Waals surface area contributed by atoms with Crippen LogP contribution in [0.3, 0.4) is 0 Å². The number of benzene rings is 2. The molecular weight excluding hydrogens is 308 g/mol. The molecule has 0 aliphatic carbocycles. The van der Waals surface area contributed by atoms with Crippen molar-refractivity contribution in [3.8, 4) is 0 Å². The molecule has 1 aromatic heterocycles. The van der Waals surface area contributed by atoms with E-state index in [1.807, 2.05) is 65.7 Å². The van der Waals surface area contributed by atoms with Crippen LogP contribution in [-0.4, -0.2) is 15.8 Å². The highest BCUT2D eigenvalue weighted by molar-refractivity contribution is 5.78. The van der Waals surface area contributed by atoms with E-state index < -0.39 is 0 Å². The Morgan fingerprint density at radius 3 is 2.32 bits per heavy atom. The first-order valence-electron chi connectivity index (χ1n) is 8.47. The number of hydrogen-bond donors (Lipinski definition) is 0. The topological polar surface area (TPSA) is 33.2 Å². The normalized spacial score (nSPS) is 10.4. The lowest BCUT2D eigenvalue weighted by Gasteiger charge is -2.24. The van der Waals surface area contributed by atoms with Crippen LogP contribution in [0.2, 0.25) is 0 Å². The highest BCUT2D eigenvalue weighted by Gasteiger charge is 2.16. The number of carbonyl (C=O) groups is 1. The van der Waals surface area contributed by atoms with Gasteiger partial charge in [-0.15, -0.1) is 0 Å². The predicted octanol–water partition coefficient (Wildman–Crippen LogP) is 4.16. The molecule has 3 aromatic rings. The van der Waals surface area contributed by atoms with Crippen molar-refractivity contribution in [1.29, 1.82) is 0 Å². The van der Waals surface area contributed by atoms with Crippen LogP contribution in [0.4, 0.5) is 0 Å². The van der Waals surface area contributed by atoms with Crippen molar-refractivity contribution in [2.45, 2.75) is 26.4 Å². The Bertz CT molecular complexity index is 816. The van der Waals surface area contributed by atoms with Gasteiger partial charge in [0, 0.05) is 25.5 Å². The minimum absolute atomic E-state index is 0.123. The molecule has 0 radical (unpaired) electrons. The molecular formula is C22H22N2O. The summed E-state index contributed by atoms with van der Waals surface area (Å²) in [5.41, 5.74) is 4.45. The van der Waals surface area contributed by atoms with Crippen molar-refractivity contribution >= 4 is 5.91 Å². The third-order valence-corrected chi connectivity index (χ3v) is 4.27. The summed E-state index contributed by atoms with van der Waals surface area (Å²) in [5, 5.41) is 0. The Hall–Kier alpha value is -2.94.